The molecule has 1 aliphatic heterocycles. The summed E-state index contributed by atoms with van der Waals surface area (Å²) in [5, 5.41) is 6.64. The van der Waals surface area contributed by atoms with E-state index in [1.165, 1.54) is 11.3 Å². The van der Waals surface area contributed by atoms with Crippen LogP contribution in [0, 0.1) is 0 Å². The quantitative estimate of drug-likeness (QED) is 0.470. The minimum Gasteiger partial charge on any atom is -0.490 e. The van der Waals surface area contributed by atoms with Gasteiger partial charge in [0, 0.05) is 22.8 Å². The largest absolute Gasteiger partial charge is 0.490 e. The predicted molar refractivity (Wildman–Crippen MR) is 112 cm³/mol. The number of nitrogens with zero attached hydrogens (tertiary/aromatic N) is 1. The summed E-state index contributed by atoms with van der Waals surface area (Å²) in [7, 11) is 0. The molecule has 0 spiro atoms. The van der Waals surface area contributed by atoms with Crippen LogP contribution in [0.25, 0.3) is 22.2 Å². The molecular formula is C22H18N2O4S. The van der Waals surface area contributed by atoms with Crippen molar-refractivity contribution in [3.63, 3.8) is 0 Å². The highest BCUT2D eigenvalue weighted by molar-refractivity contribution is 7.14. The van der Waals surface area contributed by atoms with Gasteiger partial charge in [-0.3, -0.25) is 4.79 Å². The third kappa shape index (κ3) is 3.69. The van der Waals surface area contributed by atoms with Crippen molar-refractivity contribution >= 4 is 33.2 Å². The zero-order valence-electron chi connectivity index (χ0n) is 15.5. The Balaban J connectivity index is 1.28. The number of ketones is 1. The third-order valence-corrected chi connectivity index (χ3v) is 5.45. The number of Topliss-reactive ketones (excluding diaryl/α,β-unsaturated/α-hetero) is 1. The highest BCUT2D eigenvalue weighted by Crippen LogP contribution is 2.35. The Morgan fingerprint density at radius 3 is 2.83 bits per heavy atom. The second-order valence-electron chi connectivity index (χ2n) is 6.68. The normalized spacial score (nSPS) is 13.2. The van der Waals surface area contributed by atoms with Gasteiger partial charge in [0.05, 0.1) is 25.5 Å². The van der Waals surface area contributed by atoms with Gasteiger partial charge in [0.2, 0.25) is 5.78 Å². The molecule has 146 valence electrons. The molecule has 0 saturated heterocycles. The van der Waals surface area contributed by atoms with Gasteiger partial charge >= 0.3 is 0 Å². The highest BCUT2D eigenvalue weighted by atomic mass is 32.1. The fourth-order valence-corrected chi connectivity index (χ4v) is 3.89. The molecule has 6 nitrogen and oxygen atoms in total. The number of anilines is 1. The first kappa shape index (κ1) is 17.8. The van der Waals surface area contributed by atoms with Crippen molar-refractivity contribution in [2.45, 2.75) is 6.42 Å². The average molecular weight is 406 g/mol. The SMILES string of the molecule is O=C(CNc1nc(-c2ccc3c(c2)OCCCO3)cs1)c1cc2ccccc2o1. The zero-order chi connectivity index (χ0) is 19.6. The van der Waals surface area contributed by atoms with Crippen molar-refractivity contribution in [3.05, 3.63) is 59.7 Å². The maximum absolute atomic E-state index is 12.4. The van der Waals surface area contributed by atoms with Gasteiger partial charge in [-0.15, -0.1) is 11.3 Å². The highest BCUT2D eigenvalue weighted by Gasteiger charge is 2.15. The van der Waals surface area contributed by atoms with Gasteiger partial charge in [-0.25, -0.2) is 4.98 Å². The number of hydrogen-bond acceptors (Lipinski definition) is 7. The standard InChI is InChI=1S/C22H18N2O4S/c25-17(20-11-15-4-1-2-5-18(15)28-20)12-23-22-24-16(13-29-22)14-6-7-19-21(10-14)27-9-3-8-26-19/h1-2,4-7,10-11,13H,3,8-9,12H2,(H,23,24). The van der Waals surface area contributed by atoms with Crippen LogP contribution in [0.1, 0.15) is 17.0 Å². The lowest BCUT2D eigenvalue weighted by atomic mass is 10.1. The van der Waals surface area contributed by atoms with Gasteiger partial charge in [-0.05, 0) is 30.3 Å². The number of rotatable bonds is 5. The van der Waals surface area contributed by atoms with E-state index in [1.54, 1.807) is 6.07 Å². The van der Waals surface area contributed by atoms with E-state index in [4.69, 9.17) is 13.9 Å². The lowest BCUT2D eigenvalue weighted by Crippen LogP contribution is -2.13. The maximum atomic E-state index is 12.4. The van der Waals surface area contributed by atoms with E-state index in [2.05, 4.69) is 10.3 Å². The molecule has 0 bridgehead atoms. The van der Waals surface area contributed by atoms with Gasteiger partial charge in [-0.1, -0.05) is 18.2 Å². The van der Waals surface area contributed by atoms with Crippen molar-refractivity contribution in [2.24, 2.45) is 0 Å². The van der Waals surface area contributed by atoms with E-state index in [9.17, 15) is 4.79 Å². The van der Waals surface area contributed by atoms with Gasteiger partial charge in [0.1, 0.15) is 5.58 Å². The summed E-state index contributed by atoms with van der Waals surface area (Å²) in [4.78, 5) is 17.0. The molecule has 0 fully saturated rings. The Kier molecular flexibility index (Phi) is 4.65. The number of benzene rings is 2. The molecule has 0 aliphatic carbocycles. The first-order valence-electron chi connectivity index (χ1n) is 9.37. The Hall–Kier alpha value is -3.32. The van der Waals surface area contributed by atoms with Crippen LogP contribution in [0.4, 0.5) is 5.13 Å². The Morgan fingerprint density at radius 1 is 1.07 bits per heavy atom. The number of ether oxygens (including phenoxy) is 2. The van der Waals surface area contributed by atoms with E-state index in [0.717, 1.165) is 34.6 Å². The van der Waals surface area contributed by atoms with Crippen LogP contribution in [0.3, 0.4) is 0 Å². The first-order valence-corrected chi connectivity index (χ1v) is 10.3. The number of fused-ring (bicyclic) bond motifs is 2. The molecule has 0 radical (unpaired) electrons. The summed E-state index contributed by atoms with van der Waals surface area (Å²) < 4.78 is 17.0. The van der Waals surface area contributed by atoms with E-state index in [0.29, 0.717) is 29.7 Å². The maximum Gasteiger partial charge on any atom is 0.217 e. The van der Waals surface area contributed by atoms with E-state index in [-0.39, 0.29) is 12.3 Å². The number of carbonyl (C=O) groups excluding carboxylic acids is 1. The van der Waals surface area contributed by atoms with Crippen LogP contribution in [0.2, 0.25) is 0 Å². The topological polar surface area (TPSA) is 73.6 Å². The summed E-state index contributed by atoms with van der Waals surface area (Å²) in [5.74, 6) is 1.73. The van der Waals surface area contributed by atoms with Gasteiger partial charge in [0.25, 0.3) is 0 Å². The van der Waals surface area contributed by atoms with E-state index in [1.807, 2.05) is 47.8 Å². The number of nitrogens with one attached hydrogen (secondary N) is 1. The van der Waals surface area contributed by atoms with Crippen LogP contribution < -0.4 is 14.8 Å². The molecule has 5 rings (SSSR count). The number of carbonyl (C=O) groups is 1. The molecule has 7 heteroatoms. The van der Waals surface area contributed by atoms with Crippen LogP contribution in [-0.4, -0.2) is 30.5 Å². The first-order chi connectivity index (χ1) is 14.3. The number of hydrogen-bond donors (Lipinski definition) is 1. The average Bonchev–Trinajstić information content (AvgIpc) is 3.33. The number of thiazole rings is 1. The third-order valence-electron chi connectivity index (χ3n) is 4.65. The number of para-hydroxylation sites is 1. The molecule has 4 aromatic rings. The van der Waals surface area contributed by atoms with Crippen molar-refractivity contribution in [2.75, 3.05) is 25.1 Å². The molecule has 1 N–H and O–H groups in total. The minimum absolute atomic E-state index is 0.117. The van der Waals surface area contributed by atoms with Gasteiger partial charge in [0.15, 0.2) is 22.4 Å². The fourth-order valence-electron chi connectivity index (χ4n) is 3.17. The molecule has 2 aromatic carbocycles. The molecule has 0 atom stereocenters. The molecule has 0 saturated carbocycles. The Labute approximate surface area is 171 Å². The molecule has 2 aromatic heterocycles. The smallest absolute Gasteiger partial charge is 0.217 e. The van der Waals surface area contributed by atoms with Crippen molar-refractivity contribution in [1.29, 1.82) is 0 Å². The fraction of sp³-hybridized carbons (Fsp3) is 0.182. The summed E-state index contributed by atoms with van der Waals surface area (Å²) in [5.41, 5.74) is 2.48. The summed E-state index contributed by atoms with van der Waals surface area (Å²) in [6.45, 7) is 1.43. The zero-order valence-corrected chi connectivity index (χ0v) is 16.3. The molecule has 1 aliphatic rings. The predicted octanol–water partition coefficient (Wildman–Crippen LogP) is 5.01. The Morgan fingerprint density at radius 2 is 1.93 bits per heavy atom. The summed E-state index contributed by atoms with van der Waals surface area (Å²) >= 11 is 1.45. The number of aromatic nitrogens is 1. The second-order valence-corrected chi connectivity index (χ2v) is 7.53. The van der Waals surface area contributed by atoms with Crippen LogP contribution in [-0.2, 0) is 0 Å². The van der Waals surface area contributed by atoms with Crippen molar-refractivity contribution < 1.29 is 18.7 Å². The number of furan rings is 1. The van der Waals surface area contributed by atoms with Crippen molar-refractivity contribution in [3.8, 4) is 22.8 Å². The monoisotopic (exact) mass is 406 g/mol. The van der Waals surface area contributed by atoms with Crippen LogP contribution in [0.5, 0.6) is 11.5 Å². The van der Waals surface area contributed by atoms with E-state index >= 15 is 0 Å². The second kappa shape index (κ2) is 7.60. The van der Waals surface area contributed by atoms with Crippen LogP contribution >= 0.6 is 11.3 Å². The Bertz CT molecular complexity index is 1150. The molecular weight excluding hydrogens is 388 g/mol. The lowest BCUT2D eigenvalue weighted by Gasteiger charge is -2.08. The van der Waals surface area contributed by atoms with Crippen molar-refractivity contribution in [1.82, 2.24) is 4.98 Å². The summed E-state index contributed by atoms with van der Waals surface area (Å²) in [6.07, 6.45) is 0.869. The summed E-state index contributed by atoms with van der Waals surface area (Å²) in [6, 6.07) is 15.2. The molecule has 29 heavy (non-hydrogen) atoms. The van der Waals surface area contributed by atoms with Gasteiger partial charge in [-0.2, -0.15) is 0 Å². The molecule has 0 amide bonds. The minimum atomic E-state index is -0.117. The molecule has 3 heterocycles. The van der Waals surface area contributed by atoms with Gasteiger partial charge < -0.3 is 19.2 Å². The lowest BCUT2D eigenvalue weighted by molar-refractivity contribution is 0.0982. The van der Waals surface area contributed by atoms with Crippen LogP contribution in [0.15, 0.2) is 58.3 Å². The van der Waals surface area contributed by atoms with E-state index < -0.39 is 0 Å². The molecule has 0 unspecified atom stereocenters.